The van der Waals surface area contributed by atoms with Gasteiger partial charge in [0.05, 0.1) is 0 Å². The third-order valence-electron chi connectivity index (χ3n) is 3.16. The number of esters is 2. The van der Waals surface area contributed by atoms with Crippen LogP contribution in [0.25, 0.3) is 5.57 Å². The van der Waals surface area contributed by atoms with Gasteiger partial charge in [0, 0.05) is 13.8 Å². The molecule has 0 heterocycles. The summed E-state index contributed by atoms with van der Waals surface area (Å²) >= 11 is 0. The quantitative estimate of drug-likeness (QED) is 0.795. The highest BCUT2D eigenvalue weighted by molar-refractivity contribution is 5.75. The van der Waals surface area contributed by atoms with Crippen LogP contribution in [0.1, 0.15) is 32.3 Å². The van der Waals surface area contributed by atoms with Crippen LogP contribution >= 0.6 is 0 Å². The highest BCUT2D eigenvalue weighted by Gasteiger charge is 2.27. The van der Waals surface area contributed by atoms with E-state index in [-0.39, 0.29) is 24.1 Å². The molecule has 0 unspecified atom stereocenters. The number of rotatable bonds is 3. The monoisotopic (exact) mass is 274 g/mol. The van der Waals surface area contributed by atoms with Gasteiger partial charge in [-0.05, 0) is 30.1 Å². The number of hydrogen-bond donors (Lipinski definition) is 0. The molecule has 0 N–H and O–H groups in total. The summed E-state index contributed by atoms with van der Waals surface area (Å²) in [6.45, 7) is 2.80. The van der Waals surface area contributed by atoms with Crippen LogP contribution in [0.4, 0.5) is 0 Å². The molecule has 2 atom stereocenters. The van der Waals surface area contributed by atoms with E-state index in [9.17, 15) is 9.59 Å². The van der Waals surface area contributed by atoms with Crippen molar-refractivity contribution in [2.45, 2.75) is 38.9 Å². The summed E-state index contributed by atoms with van der Waals surface area (Å²) in [5, 5.41) is 0. The van der Waals surface area contributed by atoms with Crippen molar-refractivity contribution in [1.29, 1.82) is 0 Å². The van der Waals surface area contributed by atoms with E-state index in [1.807, 2.05) is 36.4 Å². The minimum absolute atomic E-state index is 0.255. The fourth-order valence-electron chi connectivity index (χ4n) is 2.40. The first-order valence-electron chi connectivity index (χ1n) is 6.68. The zero-order chi connectivity index (χ0) is 14.5. The maximum absolute atomic E-state index is 11.2. The highest BCUT2D eigenvalue weighted by Crippen LogP contribution is 2.31. The van der Waals surface area contributed by atoms with Crippen LogP contribution < -0.4 is 0 Å². The van der Waals surface area contributed by atoms with Crippen LogP contribution in [-0.4, -0.2) is 24.1 Å². The van der Waals surface area contributed by atoms with E-state index >= 15 is 0 Å². The summed E-state index contributed by atoms with van der Waals surface area (Å²) in [5.74, 6) is -0.604. The molecule has 1 aliphatic carbocycles. The van der Waals surface area contributed by atoms with Crippen molar-refractivity contribution >= 4 is 17.5 Å². The Morgan fingerprint density at radius 1 is 1.00 bits per heavy atom. The van der Waals surface area contributed by atoms with E-state index < -0.39 is 0 Å². The first-order valence-corrected chi connectivity index (χ1v) is 6.68. The average molecular weight is 274 g/mol. The number of benzene rings is 1. The number of carbonyl (C=O) groups excluding carboxylic acids is 2. The molecule has 0 aliphatic heterocycles. The molecule has 0 spiro atoms. The van der Waals surface area contributed by atoms with E-state index in [1.54, 1.807) is 0 Å². The lowest BCUT2D eigenvalue weighted by Gasteiger charge is -2.28. The first-order chi connectivity index (χ1) is 9.56. The van der Waals surface area contributed by atoms with Crippen molar-refractivity contribution in [3.8, 4) is 0 Å². The van der Waals surface area contributed by atoms with Gasteiger partial charge in [-0.2, -0.15) is 0 Å². The van der Waals surface area contributed by atoms with Crippen LogP contribution in [0.2, 0.25) is 0 Å². The van der Waals surface area contributed by atoms with Gasteiger partial charge in [-0.25, -0.2) is 0 Å². The second-order valence-corrected chi connectivity index (χ2v) is 4.81. The van der Waals surface area contributed by atoms with Crippen molar-refractivity contribution in [2.24, 2.45) is 0 Å². The summed E-state index contributed by atoms with van der Waals surface area (Å²) < 4.78 is 10.6. The summed E-state index contributed by atoms with van der Waals surface area (Å²) in [4.78, 5) is 22.3. The highest BCUT2D eigenvalue weighted by atomic mass is 16.5. The predicted molar refractivity (Wildman–Crippen MR) is 74.8 cm³/mol. The largest absolute Gasteiger partial charge is 0.458 e. The molecule has 0 radical (unpaired) electrons. The van der Waals surface area contributed by atoms with Gasteiger partial charge in [0.15, 0.2) is 0 Å². The SMILES string of the molecule is CC(=O)O[C@H]1CC[C@@H](OC(C)=O)C=C1c1ccccc1. The molecule has 4 heteroatoms. The summed E-state index contributed by atoms with van der Waals surface area (Å²) in [7, 11) is 0. The molecule has 0 amide bonds. The molecule has 0 fully saturated rings. The van der Waals surface area contributed by atoms with Gasteiger partial charge in [-0.15, -0.1) is 0 Å². The van der Waals surface area contributed by atoms with E-state index in [4.69, 9.17) is 9.47 Å². The Bertz CT molecular complexity index is 519. The van der Waals surface area contributed by atoms with Gasteiger partial charge in [0.25, 0.3) is 0 Å². The Balaban J connectivity index is 2.28. The lowest BCUT2D eigenvalue weighted by atomic mass is 9.89. The second kappa shape index (κ2) is 6.37. The first kappa shape index (κ1) is 14.3. The van der Waals surface area contributed by atoms with Crippen molar-refractivity contribution in [3.05, 3.63) is 42.0 Å². The third kappa shape index (κ3) is 3.70. The van der Waals surface area contributed by atoms with Crippen LogP contribution in [0.15, 0.2) is 36.4 Å². The summed E-state index contributed by atoms with van der Waals surface area (Å²) in [6.07, 6.45) is 2.66. The zero-order valence-corrected chi connectivity index (χ0v) is 11.7. The molecule has 1 aromatic carbocycles. The van der Waals surface area contributed by atoms with Crippen molar-refractivity contribution in [1.82, 2.24) is 0 Å². The van der Waals surface area contributed by atoms with Gasteiger partial charge >= 0.3 is 11.9 Å². The Labute approximate surface area is 118 Å². The third-order valence-corrected chi connectivity index (χ3v) is 3.16. The smallest absolute Gasteiger partial charge is 0.303 e. The van der Waals surface area contributed by atoms with Gasteiger partial charge < -0.3 is 9.47 Å². The van der Waals surface area contributed by atoms with Gasteiger partial charge in [-0.3, -0.25) is 9.59 Å². The molecular formula is C16H18O4. The standard InChI is InChI=1S/C16H18O4/c1-11(17)19-14-8-9-16(20-12(2)18)15(10-14)13-6-4-3-5-7-13/h3-7,10,14,16H,8-9H2,1-2H3/t14-,16+/m1/s1. The van der Waals surface area contributed by atoms with Gasteiger partial charge in [0.2, 0.25) is 0 Å². The van der Waals surface area contributed by atoms with E-state index in [1.165, 1.54) is 13.8 Å². The fourth-order valence-corrected chi connectivity index (χ4v) is 2.40. The normalized spacial score (nSPS) is 21.8. The van der Waals surface area contributed by atoms with E-state index in [0.717, 1.165) is 11.1 Å². The molecule has 20 heavy (non-hydrogen) atoms. The van der Waals surface area contributed by atoms with Crippen molar-refractivity contribution in [3.63, 3.8) is 0 Å². The molecule has 0 saturated heterocycles. The summed E-state index contributed by atoms with van der Waals surface area (Å²) in [6, 6.07) is 9.70. The van der Waals surface area contributed by atoms with Crippen LogP contribution in [0.3, 0.4) is 0 Å². The molecular weight excluding hydrogens is 256 g/mol. The van der Waals surface area contributed by atoms with Gasteiger partial charge in [-0.1, -0.05) is 30.3 Å². The Hall–Kier alpha value is -2.10. The molecule has 0 saturated carbocycles. The molecule has 0 bridgehead atoms. The topological polar surface area (TPSA) is 52.6 Å². The minimum Gasteiger partial charge on any atom is -0.458 e. The fraction of sp³-hybridized carbons (Fsp3) is 0.375. The maximum atomic E-state index is 11.2. The van der Waals surface area contributed by atoms with Crippen LogP contribution in [0, 0.1) is 0 Å². The van der Waals surface area contributed by atoms with Gasteiger partial charge in [0.1, 0.15) is 12.2 Å². The molecule has 4 nitrogen and oxygen atoms in total. The number of ether oxygens (including phenoxy) is 2. The predicted octanol–water partition coefficient (Wildman–Crippen LogP) is 2.73. The Morgan fingerprint density at radius 2 is 1.65 bits per heavy atom. The minimum atomic E-state index is -0.303. The van der Waals surface area contributed by atoms with Crippen molar-refractivity contribution in [2.75, 3.05) is 0 Å². The Morgan fingerprint density at radius 3 is 2.25 bits per heavy atom. The molecule has 2 rings (SSSR count). The Kier molecular flexibility index (Phi) is 4.56. The second-order valence-electron chi connectivity index (χ2n) is 4.81. The van der Waals surface area contributed by atoms with Crippen molar-refractivity contribution < 1.29 is 19.1 Å². The molecule has 106 valence electrons. The lowest BCUT2D eigenvalue weighted by molar-refractivity contribution is -0.148. The lowest BCUT2D eigenvalue weighted by Crippen LogP contribution is -2.27. The number of carbonyl (C=O) groups is 2. The molecule has 0 aromatic heterocycles. The van der Waals surface area contributed by atoms with Crippen LogP contribution in [0.5, 0.6) is 0 Å². The van der Waals surface area contributed by atoms with Crippen LogP contribution in [-0.2, 0) is 19.1 Å². The number of hydrogen-bond acceptors (Lipinski definition) is 4. The van der Waals surface area contributed by atoms with E-state index in [2.05, 4.69) is 0 Å². The maximum Gasteiger partial charge on any atom is 0.303 e. The average Bonchev–Trinajstić information content (AvgIpc) is 2.40. The zero-order valence-electron chi connectivity index (χ0n) is 11.7. The summed E-state index contributed by atoms with van der Waals surface area (Å²) in [5.41, 5.74) is 1.88. The molecule has 1 aromatic rings. The molecule has 1 aliphatic rings. The van der Waals surface area contributed by atoms with E-state index in [0.29, 0.717) is 12.8 Å².